The third-order valence-corrected chi connectivity index (χ3v) is 5.32. The van der Waals surface area contributed by atoms with Gasteiger partial charge in [-0.2, -0.15) is 0 Å². The molecule has 3 rings (SSSR count). The number of carbonyl (C=O) groups excluding carboxylic acids is 1. The number of amides is 1. The molecule has 0 aliphatic carbocycles. The Morgan fingerprint density at radius 3 is 3.12 bits per heavy atom. The molecule has 24 heavy (non-hydrogen) atoms. The molecular weight excluding hydrogens is 346 g/mol. The van der Waals surface area contributed by atoms with Crippen molar-refractivity contribution < 1.29 is 9.21 Å². The van der Waals surface area contributed by atoms with Crippen molar-refractivity contribution in [3.8, 4) is 0 Å². The van der Waals surface area contributed by atoms with Gasteiger partial charge in [-0.05, 0) is 40.9 Å². The molecule has 0 aliphatic rings. The van der Waals surface area contributed by atoms with Crippen LogP contribution in [0.4, 0.5) is 0 Å². The van der Waals surface area contributed by atoms with E-state index in [0.717, 1.165) is 12.2 Å². The minimum Gasteiger partial charge on any atom is -0.467 e. The molecule has 3 aromatic rings. The van der Waals surface area contributed by atoms with Crippen molar-refractivity contribution in [2.75, 3.05) is 0 Å². The second kappa shape index (κ2) is 8.11. The van der Waals surface area contributed by atoms with Gasteiger partial charge in [-0.3, -0.25) is 4.79 Å². The van der Waals surface area contributed by atoms with Gasteiger partial charge in [0, 0.05) is 11.3 Å². The molecule has 0 aliphatic heterocycles. The second-order valence-corrected chi connectivity index (χ2v) is 7.41. The van der Waals surface area contributed by atoms with Crippen LogP contribution < -0.4 is 5.32 Å². The number of carbonyl (C=O) groups is 1. The molecule has 0 fully saturated rings. The van der Waals surface area contributed by atoms with Gasteiger partial charge in [-0.15, -0.1) is 16.4 Å². The number of aromatic nitrogens is 4. The number of thioether (sulfide) groups is 1. The molecule has 0 bridgehead atoms. The number of hydrogen-bond acceptors (Lipinski definition) is 7. The zero-order valence-electron chi connectivity index (χ0n) is 13.1. The van der Waals surface area contributed by atoms with E-state index in [4.69, 9.17) is 4.42 Å². The maximum Gasteiger partial charge on any atom is 0.233 e. The first-order valence-corrected chi connectivity index (χ1v) is 9.23. The normalized spacial score (nSPS) is 12.2. The summed E-state index contributed by atoms with van der Waals surface area (Å²) in [7, 11) is 0. The highest BCUT2D eigenvalue weighted by molar-refractivity contribution is 8.00. The summed E-state index contributed by atoms with van der Waals surface area (Å²) in [5, 5.41) is 17.0. The van der Waals surface area contributed by atoms with Gasteiger partial charge in [0.25, 0.3) is 0 Å². The van der Waals surface area contributed by atoms with E-state index in [9.17, 15) is 4.79 Å². The molecule has 1 unspecified atom stereocenters. The van der Waals surface area contributed by atoms with Crippen LogP contribution in [0, 0.1) is 0 Å². The van der Waals surface area contributed by atoms with Gasteiger partial charge >= 0.3 is 0 Å². The van der Waals surface area contributed by atoms with Crippen LogP contribution in [0.15, 0.2) is 45.5 Å². The Kier molecular flexibility index (Phi) is 5.65. The minimum atomic E-state index is -0.300. The Morgan fingerprint density at radius 1 is 1.46 bits per heavy atom. The average Bonchev–Trinajstić information content (AvgIpc) is 3.33. The summed E-state index contributed by atoms with van der Waals surface area (Å²) in [4.78, 5) is 13.5. The molecule has 3 heterocycles. The average molecular weight is 363 g/mol. The van der Waals surface area contributed by atoms with Crippen LogP contribution in [0.3, 0.4) is 0 Å². The fourth-order valence-electron chi connectivity index (χ4n) is 2.03. The SMILES string of the molecule is CC(Sc1nnnn1CCc1cccs1)C(=O)NCc1ccco1. The molecule has 0 saturated heterocycles. The summed E-state index contributed by atoms with van der Waals surface area (Å²) >= 11 is 3.06. The molecule has 0 spiro atoms. The van der Waals surface area contributed by atoms with Gasteiger partial charge in [0.2, 0.25) is 11.1 Å². The minimum absolute atomic E-state index is 0.0794. The lowest BCUT2D eigenvalue weighted by molar-refractivity contribution is -0.120. The molecule has 9 heteroatoms. The zero-order valence-corrected chi connectivity index (χ0v) is 14.7. The summed E-state index contributed by atoms with van der Waals surface area (Å²) < 4.78 is 6.94. The van der Waals surface area contributed by atoms with Crippen molar-refractivity contribution in [3.63, 3.8) is 0 Å². The van der Waals surface area contributed by atoms with Gasteiger partial charge in [0.05, 0.1) is 24.6 Å². The summed E-state index contributed by atoms with van der Waals surface area (Å²) in [5.41, 5.74) is 0. The van der Waals surface area contributed by atoms with Crippen molar-refractivity contribution in [1.82, 2.24) is 25.5 Å². The maximum atomic E-state index is 12.2. The van der Waals surface area contributed by atoms with Gasteiger partial charge < -0.3 is 9.73 Å². The second-order valence-electron chi connectivity index (χ2n) is 5.07. The van der Waals surface area contributed by atoms with Crippen LogP contribution in [0.1, 0.15) is 17.6 Å². The van der Waals surface area contributed by atoms with Crippen LogP contribution >= 0.6 is 23.1 Å². The highest BCUT2D eigenvalue weighted by atomic mass is 32.2. The first kappa shape index (κ1) is 16.7. The quantitative estimate of drug-likeness (QED) is 0.619. The lowest BCUT2D eigenvalue weighted by Crippen LogP contribution is -2.30. The van der Waals surface area contributed by atoms with E-state index in [0.29, 0.717) is 18.2 Å². The van der Waals surface area contributed by atoms with E-state index < -0.39 is 0 Å². The van der Waals surface area contributed by atoms with E-state index >= 15 is 0 Å². The molecule has 1 amide bonds. The Bertz CT molecular complexity index is 755. The third-order valence-electron chi connectivity index (χ3n) is 3.32. The van der Waals surface area contributed by atoms with Gasteiger partial charge in [-0.25, -0.2) is 4.68 Å². The Labute approximate surface area is 147 Å². The van der Waals surface area contributed by atoms with E-state index in [1.54, 1.807) is 28.3 Å². The Balaban J connectivity index is 1.51. The molecule has 1 N–H and O–H groups in total. The van der Waals surface area contributed by atoms with Crippen LogP contribution in [0.25, 0.3) is 0 Å². The first-order valence-electron chi connectivity index (χ1n) is 7.47. The number of nitrogens with one attached hydrogen (secondary N) is 1. The van der Waals surface area contributed by atoms with Gasteiger partial charge in [0.1, 0.15) is 5.76 Å². The predicted octanol–water partition coefficient (Wildman–Crippen LogP) is 2.37. The van der Waals surface area contributed by atoms with E-state index in [1.807, 2.05) is 19.1 Å². The molecule has 3 aromatic heterocycles. The predicted molar refractivity (Wildman–Crippen MR) is 91.7 cm³/mol. The molecule has 0 radical (unpaired) electrons. The van der Waals surface area contributed by atoms with Crippen LogP contribution in [0.5, 0.6) is 0 Å². The fraction of sp³-hybridized carbons (Fsp3) is 0.333. The lowest BCUT2D eigenvalue weighted by Gasteiger charge is -2.10. The van der Waals surface area contributed by atoms with Crippen molar-refractivity contribution >= 4 is 29.0 Å². The molecular formula is C15H17N5O2S2. The number of furan rings is 1. The third kappa shape index (κ3) is 4.45. The Hall–Kier alpha value is -2.13. The summed E-state index contributed by atoms with van der Waals surface area (Å²) in [6.45, 7) is 2.90. The van der Waals surface area contributed by atoms with Crippen LogP contribution in [-0.4, -0.2) is 31.4 Å². The molecule has 1 atom stereocenters. The molecule has 0 saturated carbocycles. The number of hydrogen-bond donors (Lipinski definition) is 1. The van der Waals surface area contributed by atoms with Crippen LogP contribution in [0.2, 0.25) is 0 Å². The smallest absolute Gasteiger partial charge is 0.233 e. The lowest BCUT2D eigenvalue weighted by atomic mass is 10.3. The molecule has 0 aromatic carbocycles. The van der Waals surface area contributed by atoms with Gasteiger partial charge in [0.15, 0.2) is 0 Å². The largest absolute Gasteiger partial charge is 0.467 e. The number of rotatable bonds is 8. The monoisotopic (exact) mass is 363 g/mol. The zero-order chi connectivity index (χ0) is 16.8. The van der Waals surface area contributed by atoms with E-state index in [-0.39, 0.29) is 11.2 Å². The summed E-state index contributed by atoms with van der Waals surface area (Å²) in [6, 6.07) is 7.73. The fourth-order valence-corrected chi connectivity index (χ4v) is 3.57. The molecule has 7 nitrogen and oxygen atoms in total. The number of nitrogens with zero attached hydrogens (tertiary/aromatic N) is 4. The van der Waals surface area contributed by atoms with Crippen molar-refractivity contribution in [2.45, 2.75) is 36.8 Å². The summed E-state index contributed by atoms with van der Waals surface area (Å²) in [5.74, 6) is 0.644. The first-order chi connectivity index (χ1) is 11.7. The maximum absolute atomic E-state index is 12.2. The number of aryl methyl sites for hydroxylation is 2. The topological polar surface area (TPSA) is 85.8 Å². The van der Waals surface area contributed by atoms with Gasteiger partial charge in [-0.1, -0.05) is 17.8 Å². The van der Waals surface area contributed by atoms with Crippen molar-refractivity contribution in [1.29, 1.82) is 0 Å². The highest BCUT2D eigenvalue weighted by Gasteiger charge is 2.18. The standard InChI is InChI=1S/C15H17N5O2S2/c1-11(14(21)16-10-12-4-2-8-22-12)24-15-17-18-19-20(15)7-6-13-5-3-9-23-13/h2-5,8-9,11H,6-7,10H2,1H3,(H,16,21). The molecule has 126 valence electrons. The van der Waals surface area contributed by atoms with Crippen molar-refractivity contribution in [3.05, 3.63) is 46.5 Å². The summed E-state index contributed by atoms with van der Waals surface area (Å²) in [6.07, 6.45) is 2.46. The van der Waals surface area contributed by atoms with Crippen LogP contribution in [-0.2, 0) is 24.3 Å². The highest BCUT2D eigenvalue weighted by Crippen LogP contribution is 2.21. The number of thiophene rings is 1. The Morgan fingerprint density at radius 2 is 2.38 bits per heavy atom. The van der Waals surface area contributed by atoms with E-state index in [1.165, 1.54) is 16.6 Å². The number of tetrazole rings is 1. The van der Waals surface area contributed by atoms with E-state index in [2.05, 4.69) is 32.3 Å². The van der Waals surface area contributed by atoms with Crippen molar-refractivity contribution in [2.24, 2.45) is 0 Å².